The van der Waals surface area contributed by atoms with Crippen LogP contribution >= 0.6 is 0 Å². The molecule has 0 aromatic heterocycles. The molecule has 0 aliphatic carbocycles. The third-order valence-corrected chi connectivity index (χ3v) is 3.25. The molecule has 1 aromatic rings. The lowest BCUT2D eigenvalue weighted by molar-refractivity contribution is -0.152. The first-order valence-electron chi connectivity index (χ1n) is 9.96. The highest BCUT2D eigenvalue weighted by Crippen LogP contribution is 2.12. The number of hydrogen-bond acceptors (Lipinski definition) is 11. The van der Waals surface area contributed by atoms with Crippen molar-refractivity contribution in [2.24, 2.45) is 5.41 Å². The minimum atomic E-state index is -1.39. The van der Waals surface area contributed by atoms with Crippen LogP contribution < -0.4 is 0 Å². The summed E-state index contributed by atoms with van der Waals surface area (Å²) < 4.78 is 0. The fourth-order valence-corrected chi connectivity index (χ4v) is 1.05. The maximum atomic E-state index is 10.2. The van der Waals surface area contributed by atoms with E-state index in [9.17, 15) is 4.79 Å². The molecule has 12 nitrogen and oxygen atoms in total. The van der Waals surface area contributed by atoms with Crippen LogP contribution in [0.1, 0.15) is 54.7 Å². The third-order valence-electron chi connectivity index (χ3n) is 3.25. The molecule has 0 saturated heterocycles. The Balaban J connectivity index is -0.0000000499. The Bertz CT molecular complexity index is 574. The van der Waals surface area contributed by atoms with Gasteiger partial charge in [-0.1, -0.05) is 65.8 Å². The molecule has 1 aromatic carbocycles. The smallest absolute Gasteiger partial charge is 0.314 e. The van der Waals surface area contributed by atoms with E-state index in [-0.39, 0.29) is 76.0 Å². The second-order valence-electron chi connectivity index (χ2n) is 6.46. The average molecular weight is 561 g/mol. The van der Waals surface area contributed by atoms with Gasteiger partial charge in [0.15, 0.2) is 0 Å². The molecule has 0 spiro atoms. The van der Waals surface area contributed by atoms with Gasteiger partial charge < -0.3 is 56.2 Å². The van der Waals surface area contributed by atoms with Gasteiger partial charge in [0.2, 0.25) is 0 Å². The van der Waals surface area contributed by atoms with Gasteiger partial charge in [0.25, 0.3) is 0 Å². The van der Waals surface area contributed by atoms with Crippen molar-refractivity contribution in [1.29, 1.82) is 0 Å². The quantitative estimate of drug-likeness (QED) is 0.191. The first-order chi connectivity index (χ1) is 16.0. The Morgan fingerprint density at radius 2 is 1.00 bits per heavy atom. The van der Waals surface area contributed by atoms with E-state index >= 15 is 0 Å². The van der Waals surface area contributed by atoms with Gasteiger partial charge in [0, 0.05) is 0 Å². The molecule has 0 heterocycles. The van der Waals surface area contributed by atoms with Crippen LogP contribution in [0.5, 0.6) is 0 Å². The van der Waals surface area contributed by atoms with Crippen molar-refractivity contribution in [2.45, 2.75) is 62.9 Å². The van der Waals surface area contributed by atoms with Crippen molar-refractivity contribution in [3.8, 4) is 11.8 Å². The van der Waals surface area contributed by atoms with E-state index in [4.69, 9.17) is 56.2 Å². The zero-order chi connectivity index (χ0) is 27.4. The van der Waals surface area contributed by atoms with Gasteiger partial charge >= 0.3 is 5.97 Å². The molecule has 0 aliphatic rings. The molecule has 0 radical (unpaired) electrons. The molecular weight excluding hydrogens is 504 g/mol. The molecule has 1 unspecified atom stereocenters. The fourth-order valence-electron chi connectivity index (χ4n) is 1.05. The first kappa shape index (κ1) is 56.1. The predicted molar refractivity (Wildman–Crippen MR) is 150 cm³/mol. The van der Waals surface area contributed by atoms with Gasteiger partial charge in [0.1, 0.15) is 18.6 Å². The maximum absolute atomic E-state index is 10.2. The Labute approximate surface area is 229 Å². The average Bonchev–Trinajstić information content (AvgIpc) is 2.87. The maximum Gasteiger partial charge on any atom is 0.314 e. The van der Waals surface area contributed by atoms with Gasteiger partial charge in [-0.15, -0.1) is 0 Å². The summed E-state index contributed by atoms with van der Waals surface area (Å²) in [5.74, 6) is 3.32. The van der Waals surface area contributed by atoms with Crippen molar-refractivity contribution in [3.63, 3.8) is 0 Å². The molecule has 38 heavy (non-hydrogen) atoms. The highest BCUT2D eigenvalue weighted by molar-refractivity contribution is 5.74. The number of carboxylic acids is 1. The number of benzene rings is 1. The molecule has 11 N–H and O–H groups in total. The van der Waals surface area contributed by atoms with Gasteiger partial charge in [0.05, 0.1) is 52.4 Å². The van der Waals surface area contributed by atoms with Crippen LogP contribution in [-0.4, -0.2) is 114 Å². The molecule has 0 saturated carbocycles. The van der Waals surface area contributed by atoms with Crippen molar-refractivity contribution >= 4 is 5.97 Å². The van der Waals surface area contributed by atoms with Gasteiger partial charge in [-0.25, -0.2) is 0 Å². The highest BCUT2D eigenvalue weighted by Gasteiger charge is 2.31. The van der Waals surface area contributed by atoms with Crippen LogP contribution in [-0.2, 0) is 18.0 Å². The Morgan fingerprint density at radius 1 is 0.737 bits per heavy atom. The molecule has 12 heteroatoms. The molecular formula is C26H56O12. The number of rotatable bonds is 7. The molecule has 232 valence electrons. The molecule has 0 aliphatic heterocycles. The minimum absolute atomic E-state index is 0. The van der Waals surface area contributed by atoms with Gasteiger partial charge in [-0.3, -0.25) is 4.79 Å². The topological polar surface area (TPSA) is 240 Å². The molecule has 1 rings (SSSR count). The lowest BCUT2D eigenvalue weighted by Gasteiger charge is -2.17. The first-order valence-corrected chi connectivity index (χ1v) is 9.96. The van der Waals surface area contributed by atoms with Gasteiger partial charge in [-0.2, -0.15) is 0 Å². The minimum Gasteiger partial charge on any atom is -0.481 e. The van der Waals surface area contributed by atoms with Crippen LogP contribution in [0.3, 0.4) is 0 Å². The van der Waals surface area contributed by atoms with Crippen molar-refractivity contribution < 1.29 is 61.0 Å². The molecule has 1 atom stereocenters. The Morgan fingerprint density at radius 3 is 1.08 bits per heavy atom. The van der Waals surface area contributed by atoms with E-state index in [1.807, 2.05) is 0 Å². The zero-order valence-corrected chi connectivity index (χ0v) is 19.6. The molecule has 0 fully saturated rings. The van der Waals surface area contributed by atoms with E-state index in [2.05, 4.69) is 11.8 Å². The lowest BCUT2D eigenvalue weighted by Crippen LogP contribution is -2.35. The second-order valence-corrected chi connectivity index (χ2v) is 6.46. The number of carbonyl (C=O) groups is 1. The lowest BCUT2D eigenvalue weighted by atomic mass is 9.94. The Kier molecular flexibility index (Phi) is 62.0. The van der Waals surface area contributed by atoms with Gasteiger partial charge in [-0.05, 0) is 25.0 Å². The standard InChI is InChI=1S/C8H10O2.C5H10O4.C4H6O2.C3H8O2.C2H6O2.4CH4/c9-5-7-1-2-8(6-10)4-3-7;1-5(2-6,3-7)4(8)9;5-3-1-2-4-6;1-3(5)2-4;3-1-2-4;;;;/h1-4,9-10H,5-6H2;6-7H,2-3H2,1H3,(H,8,9);5-6H,3-4H2;3-5H,2H2,1H3;3-4H,1-2H2;4*1H4. The molecule has 0 amide bonds. The van der Waals surface area contributed by atoms with E-state index in [1.54, 1.807) is 24.3 Å². The summed E-state index contributed by atoms with van der Waals surface area (Å²) in [5, 5.41) is 89.5. The monoisotopic (exact) mass is 560 g/mol. The second kappa shape index (κ2) is 42.0. The summed E-state index contributed by atoms with van der Waals surface area (Å²) >= 11 is 0. The van der Waals surface area contributed by atoms with Crippen molar-refractivity contribution in [1.82, 2.24) is 0 Å². The summed E-state index contributed by atoms with van der Waals surface area (Å²) in [6.07, 6.45) is -0.560. The summed E-state index contributed by atoms with van der Waals surface area (Å²) in [4.78, 5) is 10.2. The zero-order valence-electron chi connectivity index (χ0n) is 19.6. The number of aliphatic carboxylic acids is 1. The third kappa shape index (κ3) is 41.0. The van der Waals surface area contributed by atoms with Crippen LogP contribution in [0.4, 0.5) is 0 Å². The molecule has 0 bridgehead atoms. The van der Waals surface area contributed by atoms with E-state index in [1.165, 1.54) is 13.8 Å². The summed E-state index contributed by atoms with van der Waals surface area (Å²) in [5.41, 5.74) is 0.356. The normalized spacial score (nSPS) is 9.05. The van der Waals surface area contributed by atoms with Crippen LogP contribution in [0.15, 0.2) is 24.3 Å². The number of aliphatic hydroxyl groups is 10. The largest absolute Gasteiger partial charge is 0.481 e. The predicted octanol–water partition coefficient (Wildman–Crippen LogP) is -0.418. The SMILES string of the molecule is C.C.C.C.CC(CO)(CO)C(=O)O.CC(O)CO.OCC#CCO.OCCO.OCc1ccc(CO)cc1. The summed E-state index contributed by atoms with van der Waals surface area (Å²) in [7, 11) is 0. The fraction of sp³-hybridized carbons (Fsp3) is 0.654. The van der Waals surface area contributed by atoms with E-state index in [0.717, 1.165) is 11.1 Å². The van der Waals surface area contributed by atoms with Crippen LogP contribution in [0.2, 0.25) is 0 Å². The van der Waals surface area contributed by atoms with E-state index < -0.39 is 30.7 Å². The van der Waals surface area contributed by atoms with Crippen LogP contribution in [0, 0.1) is 17.3 Å². The van der Waals surface area contributed by atoms with Crippen molar-refractivity contribution in [2.75, 3.05) is 46.2 Å². The number of carboxylic acid groups (broad SMARTS) is 1. The van der Waals surface area contributed by atoms with Crippen LogP contribution in [0.25, 0.3) is 0 Å². The highest BCUT2D eigenvalue weighted by atomic mass is 16.4. The van der Waals surface area contributed by atoms with Crippen molar-refractivity contribution in [3.05, 3.63) is 35.4 Å². The number of aliphatic hydroxyl groups excluding tert-OH is 10. The summed E-state index contributed by atoms with van der Waals surface area (Å²) in [6.45, 7) is 1.12. The summed E-state index contributed by atoms with van der Waals surface area (Å²) in [6, 6.07) is 7.19. The number of hydrogen-bond donors (Lipinski definition) is 11. The Hall–Kier alpha value is -2.15. The van der Waals surface area contributed by atoms with E-state index in [0.29, 0.717) is 0 Å².